The van der Waals surface area contributed by atoms with Gasteiger partial charge in [-0.1, -0.05) is 0 Å². The third kappa shape index (κ3) is 7.93. The fourth-order valence-corrected chi connectivity index (χ4v) is 0.716. The first-order valence-corrected chi connectivity index (χ1v) is 4.40. The number of nitrogens with two attached hydrogens (primary N) is 1. The van der Waals surface area contributed by atoms with E-state index in [1.54, 1.807) is 14.2 Å². The van der Waals surface area contributed by atoms with Gasteiger partial charge >= 0.3 is 0 Å². The summed E-state index contributed by atoms with van der Waals surface area (Å²) in [4.78, 5) is 4.12. The Morgan fingerprint density at radius 1 is 1.21 bits per heavy atom. The van der Waals surface area contributed by atoms with Gasteiger partial charge in [-0.2, -0.15) is 0 Å². The molecule has 3 N–H and O–H groups in total. The fourth-order valence-electron chi connectivity index (χ4n) is 0.716. The predicted octanol–water partition coefficient (Wildman–Crippen LogP) is -0.842. The minimum Gasteiger partial charge on any atom is -0.383 e. The van der Waals surface area contributed by atoms with Crippen LogP contribution in [-0.4, -0.2) is 53.0 Å². The van der Waals surface area contributed by atoms with Crippen molar-refractivity contribution in [3.63, 3.8) is 0 Å². The minimum absolute atomic E-state index is 0.365. The lowest BCUT2D eigenvalue weighted by atomic mass is 10.6. The maximum absolute atomic E-state index is 5.24. The van der Waals surface area contributed by atoms with E-state index in [9.17, 15) is 0 Å². The van der Waals surface area contributed by atoms with Gasteiger partial charge in [0.15, 0.2) is 0 Å². The molecule has 0 fully saturated rings. The summed E-state index contributed by atoms with van der Waals surface area (Å²) in [5.74, 6) is 5.85. The molecule has 0 aliphatic carbocycles. The zero-order chi connectivity index (χ0) is 10.6. The van der Waals surface area contributed by atoms with Crippen molar-refractivity contribution in [2.45, 2.75) is 0 Å². The Labute approximate surface area is 84.4 Å². The molecule has 0 heterocycles. The number of ether oxygens (including phenoxy) is 3. The molecule has 0 bridgehead atoms. The van der Waals surface area contributed by atoms with Crippen molar-refractivity contribution in [1.29, 1.82) is 0 Å². The number of nitrogens with zero attached hydrogens (tertiary/aromatic N) is 1. The molecule has 6 heteroatoms. The summed E-state index contributed by atoms with van der Waals surface area (Å²) in [5, 5.41) is 0. The van der Waals surface area contributed by atoms with Crippen LogP contribution < -0.4 is 11.3 Å². The summed E-state index contributed by atoms with van der Waals surface area (Å²) in [6, 6.07) is 0. The van der Waals surface area contributed by atoms with Gasteiger partial charge in [0.25, 0.3) is 0 Å². The molecule has 0 aromatic heterocycles. The van der Waals surface area contributed by atoms with Crippen LogP contribution in [0.5, 0.6) is 0 Å². The first-order valence-electron chi connectivity index (χ1n) is 4.40. The maximum atomic E-state index is 5.24. The van der Waals surface area contributed by atoms with Gasteiger partial charge < -0.3 is 19.6 Å². The van der Waals surface area contributed by atoms with Gasteiger partial charge in [-0.05, 0) is 0 Å². The topological polar surface area (TPSA) is 78.1 Å². The second-order valence-electron chi connectivity index (χ2n) is 2.51. The smallest absolute Gasteiger partial charge is 0.137 e. The van der Waals surface area contributed by atoms with Crippen LogP contribution in [0.2, 0.25) is 0 Å². The van der Waals surface area contributed by atoms with E-state index in [-0.39, 0.29) is 0 Å². The summed E-state index contributed by atoms with van der Waals surface area (Å²) in [7, 11) is 3.25. The highest BCUT2D eigenvalue weighted by molar-refractivity contribution is 5.82. The van der Waals surface area contributed by atoms with Crippen molar-refractivity contribution in [1.82, 2.24) is 5.43 Å². The molecule has 0 amide bonds. The van der Waals surface area contributed by atoms with Crippen LogP contribution in [0.15, 0.2) is 4.99 Å². The Kier molecular flexibility index (Phi) is 9.88. The predicted molar refractivity (Wildman–Crippen MR) is 54.2 cm³/mol. The van der Waals surface area contributed by atoms with Crippen molar-refractivity contribution < 1.29 is 14.2 Å². The molecular weight excluding hydrogens is 186 g/mol. The van der Waals surface area contributed by atoms with Crippen molar-refractivity contribution in [3.05, 3.63) is 0 Å². The number of hydrogen-bond acceptors (Lipinski definition) is 5. The molecule has 0 radical (unpaired) electrons. The zero-order valence-corrected chi connectivity index (χ0v) is 8.78. The summed E-state index contributed by atoms with van der Waals surface area (Å²) >= 11 is 0. The fraction of sp³-hybridized carbons (Fsp3) is 0.875. The van der Waals surface area contributed by atoms with Crippen LogP contribution >= 0.6 is 0 Å². The van der Waals surface area contributed by atoms with Gasteiger partial charge in [0.05, 0.1) is 26.4 Å². The highest BCUT2D eigenvalue weighted by Gasteiger charge is 1.95. The number of amidine groups is 1. The maximum Gasteiger partial charge on any atom is 0.137 e. The highest BCUT2D eigenvalue weighted by Crippen LogP contribution is 1.80. The lowest BCUT2D eigenvalue weighted by Gasteiger charge is -2.06. The Morgan fingerprint density at radius 2 is 1.93 bits per heavy atom. The van der Waals surface area contributed by atoms with E-state index in [2.05, 4.69) is 10.4 Å². The normalized spacial score (nSPS) is 11.8. The second kappa shape index (κ2) is 10.4. The molecule has 0 rings (SSSR count). The number of nitrogens with one attached hydrogen (secondary N) is 1. The molecule has 84 valence electrons. The number of methoxy groups -OCH3 is 2. The quantitative estimate of drug-likeness (QED) is 0.177. The average molecular weight is 205 g/mol. The van der Waals surface area contributed by atoms with E-state index in [1.165, 1.54) is 0 Å². The van der Waals surface area contributed by atoms with Gasteiger partial charge in [0, 0.05) is 14.2 Å². The van der Waals surface area contributed by atoms with E-state index < -0.39 is 0 Å². The molecule has 0 saturated heterocycles. The number of hydrazine groups is 1. The monoisotopic (exact) mass is 205 g/mol. The van der Waals surface area contributed by atoms with E-state index in [4.69, 9.17) is 20.1 Å². The van der Waals surface area contributed by atoms with Gasteiger partial charge in [-0.15, -0.1) is 0 Å². The average Bonchev–Trinajstić information content (AvgIpc) is 2.22. The van der Waals surface area contributed by atoms with Crippen LogP contribution in [-0.2, 0) is 14.2 Å². The van der Waals surface area contributed by atoms with Crippen LogP contribution in [0, 0.1) is 0 Å². The van der Waals surface area contributed by atoms with Crippen molar-refractivity contribution in [2.24, 2.45) is 10.8 Å². The molecule has 0 unspecified atom stereocenters. The lowest BCUT2D eigenvalue weighted by molar-refractivity contribution is 0.0890. The Bertz CT molecular complexity index is 153. The first-order chi connectivity index (χ1) is 6.85. The number of hydrogen-bond donors (Lipinski definition) is 2. The van der Waals surface area contributed by atoms with Crippen LogP contribution in [0.25, 0.3) is 0 Å². The van der Waals surface area contributed by atoms with Gasteiger partial charge in [0.2, 0.25) is 0 Å². The SMILES string of the molecule is COCCN=C(COCCOC)NN. The van der Waals surface area contributed by atoms with E-state index in [0.717, 1.165) is 0 Å². The van der Waals surface area contributed by atoms with Crippen molar-refractivity contribution in [2.75, 3.05) is 47.2 Å². The zero-order valence-electron chi connectivity index (χ0n) is 8.78. The molecule has 0 aromatic carbocycles. The van der Waals surface area contributed by atoms with Crippen LogP contribution in [0.3, 0.4) is 0 Å². The molecule has 0 atom stereocenters. The molecule has 0 aliphatic heterocycles. The molecule has 0 saturated carbocycles. The molecule has 0 spiro atoms. The molecule has 0 aromatic rings. The number of aliphatic imine (C=N–C) groups is 1. The minimum atomic E-state index is 0.365. The lowest BCUT2D eigenvalue weighted by Crippen LogP contribution is -2.34. The summed E-state index contributed by atoms with van der Waals surface area (Å²) in [6.07, 6.45) is 0. The molecular formula is C8H19N3O3. The van der Waals surface area contributed by atoms with E-state index in [0.29, 0.717) is 38.8 Å². The summed E-state index contributed by atoms with van der Waals surface area (Å²) < 4.78 is 14.9. The second-order valence-corrected chi connectivity index (χ2v) is 2.51. The van der Waals surface area contributed by atoms with Gasteiger partial charge in [-0.25, -0.2) is 5.84 Å². The largest absolute Gasteiger partial charge is 0.383 e. The molecule has 6 nitrogen and oxygen atoms in total. The van der Waals surface area contributed by atoms with E-state index >= 15 is 0 Å². The number of rotatable bonds is 8. The summed E-state index contributed by atoms with van der Waals surface area (Å²) in [5.41, 5.74) is 2.47. The Balaban J connectivity index is 3.51. The van der Waals surface area contributed by atoms with Gasteiger partial charge in [0.1, 0.15) is 12.4 Å². The van der Waals surface area contributed by atoms with Crippen LogP contribution in [0.1, 0.15) is 0 Å². The van der Waals surface area contributed by atoms with Crippen molar-refractivity contribution >= 4 is 5.84 Å². The van der Waals surface area contributed by atoms with Crippen LogP contribution in [0.4, 0.5) is 0 Å². The summed E-state index contributed by atoms with van der Waals surface area (Å²) in [6.45, 7) is 2.61. The Morgan fingerprint density at radius 3 is 2.50 bits per heavy atom. The molecule has 14 heavy (non-hydrogen) atoms. The third-order valence-electron chi connectivity index (χ3n) is 1.44. The van der Waals surface area contributed by atoms with Gasteiger partial charge in [-0.3, -0.25) is 4.99 Å². The highest BCUT2D eigenvalue weighted by atomic mass is 16.5. The van der Waals surface area contributed by atoms with E-state index in [1.807, 2.05) is 0 Å². The molecule has 0 aliphatic rings. The van der Waals surface area contributed by atoms with Crippen molar-refractivity contribution in [3.8, 4) is 0 Å². The third-order valence-corrected chi connectivity index (χ3v) is 1.44. The standard InChI is InChI=1S/C8H19N3O3/c1-12-4-3-10-8(11-9)7-14-6-5-13-2/h3-7,9H2,1-2H3,(H,10,11). The Hall–Kier alpha value is -0.690. The first kappa shape index (κ1) is 13.3.